The standard InChI is InChI=1S/C16H10N2/c1(3-9-15-11-5-7-13-17-15)2-4-10-16-12-6-8-14-18-16/h1-2,5-8,11-14H. The van der Waals surface area contributed by atoms with E-state index in [-0.39, 0.29) is 0 Å². The molecule has 0 aliphatic heterocycles. The Labute approximate surface area is 106 Å². The molecule has 2 aromatic heterocycles. The van der Waals surface area contributed by atoms with Gasteiger partial charge in [-0.15, -0.1) is 0 Å². The summed E-state index contributed by atoms with van der Waals surface area (Å²) >= 11 is 0. The first-order chi connectivity index (χ1) is 8.95. The number of hydrogen-bond acceptors (Lipinski definition) is 2. The van der Waals surface area contributed by atoms with Gasteiger partial charge < -0.3 is 0 Å². The van der Waals surface area contributed by atoms with Crippen LogP contribution in [0.4, 0.5) is 0 Å². The molecule has 18 heavy (non-hydrogen) atoms. The number of aromatic nitrogens is 2. The average molecular weight is 230 g/mol. The second kappa shape index (κ2) is 6.68. The summed E-state index contributed by atoms with van der Waals surface area (Å²) in [6, 6.07) is 11.3. The van der Waals surface area contributed by atoms with Crippen LogP contribution in [-0.2, 0) is 0 Å². The molecular formula is C16H10N2. The van der Waals surface area contributed by atoms with Crippen LogP contribution in [0.2, 0.25) is 0 Å². The van der Waals surface area contributed by atoms with E-state index in [0.29, 0.717) is 0 Å². The Morgan fingerprint density at radius 1 is 0.722 bits per heavy atom. The van der Waals surface area contributed by atoms with Gasteiger partial charge in [-0.05, 0) is 48.3 Å². The van der Waals surface area contributed by atoms with Crippen molar-refractivity contribution < 1.29 is 0 Å². The van der Waals surface area contributed by atoms with Crippen LogP contribution in [0.25, 0.3) is 0 Å². The molecule has 0 radical (unpaired) electrons. The Kier molecular flexibility index (Phi) is 4.32. The van der Waals surface area contributed by atoms with Gasteiger partial charge in [0.25, 0.3) is 0 Å². The first-order valence-electron chi connectivity index (χ1n) is 5.45. The van der Waals surface area contributed by atoms with Crippen molar-refractivity contribution in [1.82, 2.24) is 9.97 Å². The van der Waals surface area contributed by atoms with E-state index in [1.54, 1.807) is 24.5 Å². The van der Waals surface area contributed by atoms with Crippen molar-refractivity contribution in [1.29, 1.82) is 0 Å². The van der Waals surface area contributed by atoms with Gasteiger partial charge in [-0.25, -0.2) is 9.97 Å². The number of rotatable bonds is 0. The highest BCUT2D eigenvalue weighted by molar-refractivity contribution is 5.36. The van der Waals surface area contributed by atoms with Crippen LogP contribution in [0.1, 0.15) is 11.4 Å². The second-order valence-corrected chi connectivity index (χ2v) is 3.30. The van der Waals surface area contributed by atoms with Crippen LogP contribution in [0.5, 0.6) is 0 Å². The minimum absolute atomic E-state index is 0.750. The van der Waals surface area contributed by atoms with Crippen molar-refractivity contribution in [3.63, 3.8) is 0 Å². The Balaban J connectivity index is 1.94. The van der Waals surface area contributed by atoms with Gasteiger partial charge in [-0.2, -0.15) is 0 Å². The van der Waals surface area contributed by atoms with Crippen LogP contribution in [0, 0.1) is 23.7 Å². The highest BCUT2D eigenvalue weighted by Gasteiger charge is 1.81. The van der Waals surface area contributed by atoms with Gasteiger partial charge in [-0.1, -0.05) is 24.0 Å². The maximum absolute atomic E-state index is 4.09. The maximum atomic E-state index is 4.09. The van der Waals surface area contributed by atoms with Crippen molar-refractivity contribution in [2.75, 3.05) is 0 Å². The van der Waals surface area contributed by atoms with E-state index in [1.807, 2.05) is 36.4 Å². The summed E-state index contributed by atoms with van der Waals surface area (Å²) in [5.74, 6) is 11.6. The molecule has 0 aliphatic carbocycles. The fraction of sp³-hybridized carbons (Fsp3) is 0. The molecule has 2 aromatic rings. The van der Waals surface area contributed by atoms with Crippen LogP contribution in [0.3, 0.4) is 0 Å². The summed E-state index contributed by atoms with van der Waals surface area (Å²) < 4.78 is 0. The van der Waals surface area contributed by atoms with Gasteiger partial charge in [0.1, 0.15) is 11.4 Å². The first-order valence-corrected chi connectivity index (χ1v) is 5.45. The van der Waals surface area contributed by atoms with Gasteiger partial charge in [0.15, 0.2) is 0 Å². The van der Waals surface area contributed by atoms with Crippen LogP contribution < -0.4 is 0 Å². The highest BCUT2D eigenvalue weighted by Crippen LogP contribution is 1.90. The molecule has 0 amide bonds. The molecule has 2 heterocycles. The average Bonchev–Trinajstić information content (AvgIpc) is 2.45. The molecule has 2 heteroatoms. The molecule has 0 fully saturated rings. The molecule has 0 spiro atoms. The number of nitrogens with zero attached hydrogens (tertiary/aromatic N) is 2. The molecule has 0 unspecified atom stereocenters. The molecular weight excluding hydrogens is 220 g/mol. The monoisotopic (exact) mass is 230 g/mol. The molecule has 84 valence electrons. The molecule has 0 atom stereocenters. The van der Waals surface area contributed by atoms with E-state index in [1.165, 1.54) is 0 Å². The minimum Gasteiger partial charge on any atom is -0.248 e. The van der Waals surface area contributed by atoms with Gasteiger partial charge in [0, 0.05) is 12.4 Å². The fourth-order valence-electron chi connectivity index (χ4n) is 1.19. The third kappa shape index (κ3) is 3.96. The summed E-state index contributed by atoms with van der Waals surface area (Å²) in [5, 5.41) is 0. The van der Waals surface area contributed by atoms with Crippen LogP contribution in [-0.4, -0.2) is 9.97 Å². The van der Waals surface area contributed by atoms with Crippen molar-refractivity contribution in [2.45, 2.75) is 0 Å². The maximum Gasteiger partial charge on any atom is 0.113 e. The topological polar surface area (TPSA) is 25.8 Å². The second-order valence-electron chi connectivity index (χ2n) is 3.30. The van der Waals surface area contributed by atoms with Crippen molar-refractivity contribution in [3.8, 4) is 23.7 Å². The summed E-state index contributed by atoms with van der Waals surface area (Å²) in [6.45, 7) is 0. The number of pyridine rings is 2. The molecule has 0 bridgehead atoms. The number of hydrogen-bond donors (Lipinski definition) is 0. The molecule has 0 N–H and O–H groups in total. The first kappa shape index (κ1) is 11.6. The predicted octanol–water partition coefficient (Wildman–Crippen LogP) is 2.44. The zero-order valence-electron chi connectivity index (χ0n) is 9.67. The van der Waals surface area contributed by atoms with Gasteiger partial charge in [0.05, 0.1) is 0 Å². The van der Waals surface area contributed by atoms with Crippen LogP contribution >= 0.6 is 0 Å². The van der Waals surface area contributed by atoms with Crippen molar-refractivity contribution in [3.05, 3.63) is 72.3 Å². The van der Waals surface area contributed by atoms with Crippen LogP contribution in [0.15, 0.2) is 60.9 Å². The summed E-state index contributed by atoms with van der Waals surface area (Å²) in [4.78, 5) is 8.18. The Morgan fingerprint density at radius 3 is 1.61 bits per heavy atom. The zero-order chi connectivity index (χ0) is 12.5. The lowest BCUT2D eigenvalue weighted by Crippen LogP contribution is -1.77. The minimum atomic E-state index is 0.750. The highest BCUT2D eigenvalue weighted by atomic mass is 14.6. The lowest BCUT2D eigenvalue weighted by Gasteiger charge is -1.84. The van der Waals surface area contributed by atoms with E-state index < -0.39 is 0 Å². The lowest BCUT2D eigenvalue weighted by molar-refractivity contribution is 1.29. The summed E-state index contributed by atoms with van der Waals surface area (Å²) in [5.41, 5.74) is 1.50. The van der Waals surface area contributed by atoms with E-state index in [2.05, 4.69) is 33.6 Å². The SMILES string of the molecule is C(#Cc1ccccn1)C=CC#Cc1ccccn1. The quantitative estimate of drug-likeness (QED) is 0.650. The Bertz CT molecular complexity index is 576. The molecule has 0 saturated carbocycles. The number of allylic oxidation sites excluding steroid dienone is 2. The Hall–Kier alpha value is -2.84. The molecule has 0 saturated heterocycles. The predicted molar refractivity (Wildman–Crippen MR) is 71.4 cm³/mol. The molecule has 0 aliphatic rings. The molecule has 2 nitrogen and oxygen atoms in total. The van der Waals surface area contributed by atoms with E-state index >= 15 is 0 Å². The molecule has 0 aromatic carbocycles. The Morgan fingerprint density at radius 2 is 1.22 bits per heavy atom. The third-order valence-corrected chi connectivity index (χ3v) is 1.98. The van der Waals surface area contributed by atoms with Gasteiger partial charge in [0.2, 0.25) is 0 Å². The normalized spacial score (nSPS) is 9.11. The van der Waals surface area contributed by atoms with Crippen molar-refractivity contribution in [2.24, 2.45) is 0 Å². The van der Waals surface area contributed by atoms with Gasteiger partial charge >= 0.3 is 0 Å². The van der Waals surface area contributed by atoms with E-state index in [4.69, 9.17) is 0 Å². The van der Waals surface area contributed by atoms with E-state index in [9.17, 15) is 0 Å². The summed E-state index contributed by atoms with van der Waals surface area (Å²) in [7, 11) is 0. The van der Waals surface area contributed by atoms with Gasteiger partial charge in [-0.3, -0.25) is 0 Å². The smallest absolute Gasteiger partial charge is 0.113 e. The lowest BCUT2D eigenvalue weighted by atomic mass is 10.3. The summed E-state index contributed by atoms with van der Waals surface area (Å²) in [6.07, 6.45) is 6.83. The third-order valence-electron chi connectivity index (χ3n) is 1.98. The largest absolute Gasteiger partial charge is 0.248 e. The molecule has 2 rings (SSSR count). The zero-order valence-corrected chi connectivity index (χ0v) is 9.67. The van der Waals surface area contributed by atoms with E-state index in [0.717, 1.165) is 11.4 Å². The fourth-order valence-corrected chi connectivity index (χ4v) is 1.19. The van der Waals surface area contributed by atoms with Crippen molar-refractivity contribution >= 4 is 0 Å².